The SMILES string of the molecule is CC(=O)Nc1ccc(OC2CCC(C3OC(CO)C(O)C(O)C3O)C(CO)O2)cc1. The smallest absolute Gasteiger partial charge is 0.221 e. The molecule has 8 atom stereocenters. The van der Waals surface area contributed by atoms with Gasteiger partial charge in [0.15, 0.2) is 6.29 Å². The Morgan fingerprint density at radius 1 is 1.00 bits per heavy atom. The van der Waals surface area contributed by atoms with E-state index in [1.807, 2.05) is 0 Å². The van der Waals surface area contributed by atoms with Crippen molar-refractivity contribution in [3.05, 3.63) is 24.3 Å². The summed E-state index contributed by atoms with van der Waals surface area (Å²) in [5, 5.41) is 52.2. The summed E-state index contributed by atoms with van der Waals surface area (Å²) < 4.78 is 17.3. The van der Waals surface area contributed by atoms with Crippen LogP contribution in [0.1, 0.15) is 19.8 Å². The Morgan fingerprint density at radius 2 is 1.67 bits per heavy atom. The summed E-state index contributed by atoms with van der Waals surface area (Å²) in [5.74, 6) is -0.121. The normalized spacial score (nSPS) is 36.9. The van der Waals surface area contributed by atoms with Gasteiger partial charge in [0.25, 0.3) is 0 Å². The Labute approximate surface area is 174 Å². The third kappa shape index (κ3) is 5.09. The fourth-order valence-corrected chi connectivity index (χ4v) is 3.98. The van der Waals surface area contributed by atoms with Crippen LogP contribution in [0.2, 0.25) is 0 Å². The fourth-order valence-electron chi connectivity index (χ4n) is 3.98. The van der Waals surface area contributed by atoms with E-state index in [9.17, 15) is 30.3 Å². The number of amides is 1. The number of hydrogen-bond acceptors (Lipinski definition) is 9. The maximum Gasteiger partial charge on any atom is 0.221 e. The molecule has 1 aromatic carbocycles. The minimum absolute atomic E-state index is 0.177. The van der Waals surface area contributed by atoms with Gasteiger partial charge < -0.3 is 45.1 Å². The largest absolute Gasteiger partial charge is 0.465 e. The van der Waals surface area contributed by atoms with Gasteiger partial charge in [0, 0.05) is 24.9 Å². The van der Waals surface area contributed by atoms with E-state index < -0.39 is 55.4 Å². The number of hydrogen-bond donors (Lipinski definition) is 6. The highest BCUT2D eigenvalue weighted by atomic mass is 16.7. The van der Waals surface area contributed by atoms with E-state index in [2.05, 4.69) is 5.32 Å². The molecule has 2 saturated heterocycles. The summed E-state index contributed by atoms with van der Waals surface area (Å²) in [6.45, 7) is 0.543. The molecule has 0 aliphatic carbocycles. The molecular formula is C20H29NO9. The summed E-state index contributed by atoms with van der Waals surface area (Å²) in [4.78, 5) is 11.1. The quantitative estimate of drug-likeness (QED) is 0.334. The molecule has 0 spiro atoms. The van der Waals surface area contributed by atoms with Crippen molar-refractivity contribution in [3.63, 3.8) is 0 Å². The predicted molar refractivity (Wildman–Crippen MR) is 104 cm³/mol. The van der Waals surface area contributed by atoms with Crippen LogP contribution < -0.4 is 10.1 Å². The molecule has 0 saturated carbocycles. The van der Waals surface area contributed by atoms with E-state index in [-0.39, 0.29) is 12.5 Å². The third-order valence-electron chi connectivity index (χ3n) is 5.51. The summed E-state index contributed by atoms with van der Waals surface area (Å²) in [6.07, 6.45) is -6.71. The Hall–Kier alpha value is -1.79. The highest BCUT2D eigenvalue weighted by Gasteiger charge is 2.49. The zero-order valence-electron chi connectivity index (χ0n) is 16.6. The van der Waals surface area contributed by atoms with E-state index in [1.54, 1.807) is 24.3 Å². The zero-order chi connectivity index (χ0) is 21.8. The second kappa shape index (κ2) is 10.0. The Balaban J connectivity index is 1.62. The predicted octanol–water partition coefficient (Wildman–Crippen LogP) is -1.02. The lowest BCUT2D eigenvalue weighted by Crippen LogP contribution is -2.62. The maximum atomic E-state index is 11.1. The van der Waals surface area contributed by atoms with Gasteiger partial charge in [0.1, 0.15) is 30.2 Å². The molecule has 2 fully saturated rings. The molecular weight excluding hydrogens is 398 g/mol. The van der Waals surface area contributed by atoms with E-state index in [0.717, 1.165) is 0 Å². The number of carbonyl (C=O) groups is 1. The number of aliphatic hydroxyl groups excluding tert-OH is 5. The minimum atomic E-state index is -1.48. The van der Waals surface area contributed by atoms with E-state index >= 15 is 0 Å². The van der Waals surface area contributed by atoms with Gasteiger partial charge in [-0.25, -0.2) is 0 Å². The number of aliphatic hydroxyl groups is 5. The first-order valence-electron chi connectivity index (χ1n) is 9.95. The van der Waals surface area contributed by atoms with Crippen LogP contribution >= 0.6 is 0 Å². The molecule has 0 aromatic heterocycles. The zero-order valence-corrected chi connectivity index (χ0v) is 16.6. The molecule has 1 amide bonds. The number of ether oxygens (including phenoxy) is 3. The molecule has 0 radical (unpaired) electrons. The van der Waals surface area contributed by atoms with Crippen molar-refractivity contribution in [1.82, 2.24) is 0 Å². The first kappa shape index (κ1) is 22.9. The van der Waals surface area contributed by atoms with E-state index in [1.165, 1.54) is 6.92 Å². The lowest BCUT2D eigenvalue weighted by molar-refractivity contribution is -0.269. The number of rotatable bonds is 6. The van der Waals surface area contributed by atoms with Crippen LogP contribution in [0.3, 0.4) is 0 Å². The van der Waals surface area contributed by atoms with Gasteiger partial charge in [-0.1, -0.05) is 0 Å². The van der Waals surface area contributed by atoms with Gasteiger partial charge in [-0.2, -0.15) is 0 Å². The van der Waals surface area contributed by atoms with E-state index in [4.69, 9.17) is 14.2 Å². The summed E-state index contributed by atoms with van der Waals surface area (Å²) in [7, 11) is 0. The average molecular weight is 427 g/mol. The van der Waals surface area contributed by atoms with Crippen LogP contribution in [0.15, 0.2) is 24.3 Å². The Bertz CT molecular complexity index is 698. The van der Waals surface area contributed by atoms with Gasteiger partial charge in [0.05, 0.1) is 25.4 Å². The van der Waals surface area contributed by atoms with Crippen LogP contribution in [0.4, 0.5) is 5.69 Å². The fraction of sp³-hybridized carbons (Fsp3) is 0.650. The Kier molecular flexibility index (Phi) is 7.64. The summed E-state index contributed by atoms with van der Waals surface area (Å²) in [5.41, 5.74) is 0.635. The van der Waals surface area contributed by atoms with Crippen LogP contribution in [0, 0.1) is 5.92 Å². The van der Waals surface area contributed by atoms with Crippen LogP contribution in [-0.4, -0.2) is 87.6 Å². The molecule has 2 aliphatic rings. The molecule has 1 aromatic rings. The van der Waals surface area contributed by atoms with Crippen molar-refractivity contribution in [1.29, 1.82) is 0 Å². The van der Waals surface area contributed by atoms with Crippen LogP contribution in [0.5, 0.6) is 5.75 Å². The van der Waals surface area contributed by atoms with Gasteiger partial charge in [-0.15, -0.1) is 0 Å². The molecule has 2 aliphatic heterocycles. The highest BCUT2D eigenvalue weighted by molar-refractivity contribution is 5.88. The van der Waals surface area contributed by atoms with Gasteiger partial charge in [0.2, 0.25) is 5.91 Å². The number of nitrogens with one attached hydrogen (secondary N) is 1. The van der Waals surface area contributed by atoms with Gasteiger partial charge in [-0.05, 0) is 30.7 Å². The monoisotopic (exact) mass is 427 g/mol. The average Bonchev–Trinajstić information content (AvgIpc) is 2.73. The molecule has 8 unspecified atom stereocenters. The number of benzene rings is 1. The molecule has 3 rings (SSSR count). The molecule has 10 heteroatoms. The Morgan fingerprint density at radius 3 is 2.27 bits per heavy atom. The third-order valence-corrected chi connectivity index (χ3v) is 5.51. The van der Waals surface area contributed by atoms with E-state index in [0.29, 0.717) is 24.3 Å². The molecule has 10 nitrogen and oxygen atoms in total. The molecule has 2 heterocycles. The van der Waals surface area contributed by atoms with Crippen LogP contribution in [-0.2, 0) is 14.3 Å². The topological polar surface area (TPSA) is 158 Å². The van der Waals surface area contributed by atoms with Crippen LogP contribution in [0.25, 0.3) is 0 Å². The van der Waals surface area contributed by atoms with Crippen molar-refractivity contribution >= 4 is 11.6 Å². The second-order valence-corrected chi connectivity index (χ2v) is 7.64. The standard InChI is InChI=1S/C20H29NO9/c1-10(24)21-11-2-4-12(5-3-11)28-16-7-6-13(14(8-22)29-16)20-19(27)18(26)17(25)15(9-23)30-20/h2-5,13-20,22-23,25-27H,6-9H2,1H3,(H,21,24). The molecule has 30 heavy (non-hydrogen) atoms. The maximum absolute atomic E-state index is 11.1. The second-order valence-electron chi connectivity index (χ2n) is 7.64. The van der Waals surface area contributed by atoms with Crippen molar-refractivity contribution in [2.45, 2.75) is 62.7 Å². The van der Waals surface area contributed by atoms with Crippen molar-refractivity contribution in [3.8, 4) is 5.75 Å². The lowest BCUT2D eigenvalue weighted by atomic mass is 9.81. The lowest BCUT2D eigenvalue weighted by Gasteiger charge is -2.46. The first-order chi connectivity index (χ1) is 14.3. The van der Waals surface area contributed by atoms with Gasteiger partial charge in [-0.3, -0.25) is 4.79 Å². The van der Waals surface area contributed by atoms with Crippen molar-refractivity contribution < 1.29 is 44.5 Å². The molecule has 168 valence electrons. The van der Waals surface area contributed by atoms with Gasteiger partial charge >= 0.3 is 0 Å². The summed E-state index contributed by atoms with van der Waals surface area (Å²) >= 11 is 0. The number of carbonyl (C=O) groups excluding carboxylic acids is 1. The molecule has 6 N–H and O–H groups in total. The highest BCUT2D eigenvalue weighted by Crippen LogP contribution is 2.35. The summed E-state index contributed by atoms with van der Waals surface area (Å²) in [6, 6.07) is 6.76. The van der Waals surface area contributed by atoms with Crippen molar-refractivity contribution in [2.24, 2.45) is 5.92 Å². The minimum Gasteiger partial charge on any atom is -0.465 e. The molecule has 0 bridgehead atoms. The first-order valence-corrected chi connectivity index (χ1v) is 9.95. The number of anilines is 1. The van der Waals surface area contributed by atoms with Crippen molar-refractivity contribution in [2.75, 3.05) is 18.5 Å².